The largest absolute Gasteiger partial charge is 0.662 e. The molecule has 0 aliphatic carbocycles. The minimum absolute atomic E-state index is 0. The molecule has 1 rings (SSSR count). The summed E-state index contributed by atoms with van der Waals surface area (Å²) < 4.78 is 0. The molecule has 1 aliphatic heterocycles. The molecule has 0 aromatic heterocycles. The van der Waals surface area contributed by atoms with Crippen LogP contribution in [-0.2, 0) is 32.7 Å². The predicted octanol–water partition coefficient (Wildman–Crippen LogP) is 7.04. The van der Waals surface area contributed by atoms with E-state index in [0.29, 0.717) is 5.41 Å². The summed E-state index contributed by atoms with van der Waals surface area (Å²) in [7, 11) is 0. The molecule has 0 aromatic carbocycles. The van der Waals surface area contributed by atoms with Crippen molar-refractivity contribution in [2.24, 2.45) is 5.41 Å². The van der Waals surface area contributed by atoms with E-state index in [0.717, 1.165) is 13.1 Å². The number of hydrogen-bond acceptors (Lipinski definition) is 0. The average molecular weight is 381 g/mol. The van der Waals surface area contributed by atoms with Crippen LogP contribution in [0.4, 0.5) is 0 Å². The van der Waals surface area contributed by atoms with E-state index < -0.39 is 0 Å². The Labute approximate surface area is 165 Å². The van der Waals surface area contributed by atoms with Gasteiger partial charge in [0.05, 0.1) is 0 Å². The smallest absolute Gasteiger partial charge is 0 e. The summed E-state index contributed by atoms with van der Waals surface area (Å²) in [6.45, 7) is 14.5. The molecule has 1 nitrogen and oxygen atoms in total. The quantitative estimate of drug-likeness (QED) is 0.300. The van der Waals surface area contributed by atoms with Gasteiger partial charge in [-0.3, -0.25) is 0 Å². The van der Waals surface area contributed by atoms with Crippen LogP contribution in [0.15, 0.2) is 17.9 Å². The zero-order valence-electron chi connectivity index (χ0n) is 15.7. The van der Waals surface area contributed by atoms with Gasteiger partial charge in [-0.2, -0.15) is 0 Å². The van der Waals surface area contributed by atoms with Gasteiger partial charge in [0.15, 0.2) is 0 Å². The van der Waals surface area contributed by atoms with Crippen molar-refractivity contribution >= 4 is 0 Å². The molecule has 1 radical (unpaired) electrons. The standard InChI is InChI=1S/C18H32N.C2H6.Y/c1-4-17(2)11-9-7-5-6-8-10-12-18(3)13-15-19-16-14-18;1-2;/h1,5-16H2,2-3H3;1-2H3;/q-1;;. The van der Waals surface area contributed by atoms with Gasteiger partial charge >= 0.3 is 0 Å². The molecule has 0 bridgehead atoms. The van der Waals surface area contributed by atoms with Crippen LogP contribution < -0.4 is 0 Å². The average Bonchev–Trinajstić information content (AvgIpc) is 2.52. The third kappa shape index (κ3) is 13.1. The van der Waals surface area contributed by atoms with E-state index in [4.69, 9.17) is 0 Å². The first-order valence-electron chi connectivity index (χ1n) is 9.15. The molecule has 0 spiro atoms. The van der Waals surface area contributed by atoms with E-state index in [1.165, 1.54) is 69.8 Å². The normalized spacial score (nSPS) is 15.8. The van der Waals surface area contributed by atoms with Gasteiger partial charge in [-0.05, 0) is 37.2 Å². The van der Waals surface area contributed by atoms with Crippen molar-refractivity contribution in [3.8, 4) is 0 Å². The molecular weight excluding hydrogens is 343 g/mol. The van der Waals surface area contributed by atoms with Gasteiger partial charge in [0.2, 0.25) is 0 Å². The molecular formula is C20H38NY-. The zero-order valence-corrected chi connectivity index (χ0v) is 18.6. The fourth-order valence-corrected chi connectivity index (χ4v) is 2.92. The Hall–Kier alpha value is 0.584. The predicted molar refractivity (Wildman–Crippen MR) is 97.0 cm³/mol. The molecule has 0 amide bonds. The maximum Gasteiger partial charge on any atom is 0 e. The van der Waals surface area contributed by atoms with Gasteiger partial charge in [0, 0.05) is 32.7 Å². The summed E-state index contributed by atoms with van der Waals surface area (Å²) in [5, 5.41) is 4.46. The number of hydrogen-bond donors (Lipinski definition) is 0. The first kappa shape index (κ1) is 24.8. The third-order valence-corrected chi connectivity index (χ3v) is 4.63. The second-order valence-electron chi connectivity index (χ2n) is 6.56. The van der Waals surface area contributed by atoms with Gasteiger partial charge in [0.25, 0.3) is 0 Å². The van der Waals surface area contributed by atoms with E-state index in [2.05, 4.69) is 31.5 Å². The molecule has 0 unspecified atom stereocenters. The van der Waals surface area contributed by atoms with Crippen LogP contribution in [0.1, 0.15) is 91.9 Å². The van der Waals surface area contributed by atoms with Crippen molar-refractivity contribution in [3.63, 3.8) is 0 Å². The maximum atomic E-state index is 4.46. The number of unbranched alkanes of at least 4 members (excludes halogenated alkanes) is 5. The number of piperidine rings is 1. The van der Waals surface area contributed by atoms with E-state index in [1.54, 1.807) is 0 Å². The van der Waals surface area contributed by atoms with Gasteiger partial charge in [0.1, 0.15) is 0 Å². The zero-order chi connectivity index (χ0) is 16.0. The second kappa shape index (κ2) is 16.4. The van der Waals surface area contributed by atoms with Crippen LogP contribution in [0.5, 0.6) is 0 Å². The Bertz CT molecular complexity index is 286. The molecule has 1 saturated heterocycles. The van der Waals surface area contributed by atoms with Crippen LogP contribution >= 0.6 is 0 Å². The van der Waals surface area contributed by atoms with Crippen molar-refractivity contribution in [2.45, 2.75) is 91.9 Å². The summed E-state index contributed by atoms with van der Waals surface area (Å²) in [6, 6.07) is 0. The van der Waals surface area contributed by atoms with E-state index in [9.17, 15) is 0 Å². The van der Waals surface area contributed by atoms with Crippen LogP contribution in [0, 0.1) is 5.41 Å². The topological polar surface area (TPSA) is 14.1 Å². The summed E-state index contributed by atoms with van der Waals surface area (Å²) in [4.78, 5) is 0. The molecule has 0 atom stereocenters. The fourth-order valence-electron chi connectivity index (χ4n) is 2.92. The monoisotopic (exact) mass is 381 g/mol. The molecule has 1 aliphatic rings. The van der Waals surface area contributed by atoms with Gasteiger partial charge in [-0.25, -0.2) is 0 Å². The fraction of sp³-hybridized carbons (Fsp3) is 0.850. The summed E-state index contributed by atoms with van der Waals surface area (Å²) in [5.74, 6) is 0. The van der Waals surface area contributed by atoms with Crippen molar-refractivity contribution < 1.29 is 32.7 Å². The minimum Gasteiger partial charge on any atom is -0.662 e. The van der Waals surface area contributed by atoms with Gasteiger partial charge < -0.3 is 5.32 Å². The van der Waals surface area contributed by atoms with E-state index >= 15 is 0 Å². The van der Waals surface area contributed by atoms with Crippen molar-refractivity contribution in [1.82, 2.24) is 0 Å². The summed E-state index contributed by atoms with van der Waals surface area (Å²) >= 11 is 0. The SMILES string of the molecule is C=C=C(C)CCCCCCCCC1(C)CC[N-]CC1.CC.[Y]. The van der Waals surface area contributed by atoms with Crippen LogP contribution in [0.3, 0.4) is 0 Å². The van der Waals surface area contributed by atoms with Gasteiger partial charge in [-0.15, -0.1) is 18.8 Å². The Balaban J connectivity index is 0. The van der Waals surface area contributed by atoms with E-state index in [-0.39, 0.29) is 32.7 Å². The summed E-state index contributed by atoms with van der Waals surface area (Å²) in [5.41, 5.74) is 4.90. The molecule has 0 saturated carbocycles. The Morgan fingerprint density at radius 1 is 1.00 bits per heavy atom. The molecule has 0 N–H and O–H groups in total. The van der Waals surface area contributed by atoms with Crippen molar-refractivity contribution in [2.75, 3.05) is 13.1 Å². The molecule has 2 heteroatoms. The molecule has 22 heavy (non-hydrogen) atoms. The minimum atomic E-state index is 0. The number of allylic oxidation sites excluding steroid dienone is 1. The Morgan fingerprint density at radius 3 is 2.05 bits per heavy atom. The van der Waals surface area contributed by atoms with Crippen LogP contribution in [0.2, 0.25) is 0 Å². The molecule has 1 heterocycles. The molecule has 127 valence electrons. The van der Waals surface area contributed by atoms with Crippen molar-refractivity contribution in [3.05, 3.63) is 23.2 Å². The third-order valence-electron chi connectivity index (χ3n) is 4.63. The van der Waals surface area contributed by atoms with Crippen LogP contribution in [0.25, 0.3) is 5.32 Å². The first-order chi connectivity index (χ1) is 10.2. The second-order valence-corrected chi connectivity index (χ2v) is 6.56. The van der Waals surface area contributed by atoms with Crippen molar-refractivity contribution in [1.29, 1.82) is 0 Å². The number of rotatable bonds is 9. The van der Waals surface area contributed by atoms with E-state index in [1.807, 2.05) is 13.8 Å². The Morgan fingerprint density at radius 2 is 1.50 bits per heavy atom. The first-order valence-corrected chi connectivity index (χ1v) is 9.15. The number of nitrogens with zero attached hydrogens (tertiary/aromatic N) is 1. The Kier molecular flexibility index (Phi) is 18.6. The van der Waals surface area contributed by atoms with Crippen LogP contribution in [-0.4, -0.2) is 13.1 Å². The summed E-state index contributed by atoms with van der Waals surface area (Å²) in [6.07, 6.45) is 13.6. The van der Waals surface area contributed by atoms with Gasteiger partial charge in [-0.1, -0.05) is 72.3 Å². The molecule has 1 fully saturated rings. The molecule has 0 aromatic rings. The maximum absolute atomic E-state index is 4.46.